The second kappa shape index (κ2) is 7.09. The lowest BCUT2D eigenvalue weighted by Crippen LogP contribution is -2.54. The highest BCUT2D eigenvalue weighted by atomic mass is 16.7. The van der Waals surface area contributed by atoms with Crippen molar-refractivity contribution < 1.29 is 19.1 Å². The molecule has 1 unspecified atom stereocenters. The van der Waals surface area contributed by atoms with Crippen LogP contribution in [0.5, 0.6) is 11.5 Å². The van der Waals surface area contributed by atoms with Crippen molar-refractivity contribution in [2.75, 3.05) is 33.0 Å². The minimum Gasteiger partial charge on any atom is -0.454 e. The molecule has 1 aromatic rings. The molecule has 2 N–H and O–H groups in total. The van der Waals surface area contributed by atoms with E-state index >= 15 is 0 Å². The van der Waals surface area contributed by atoms with Crippen molar-refractivity contribution in [2.45, 2.75) is 25.8 Å². The smallest absolute Gasteiger partial charge is 0.254 e. The molecular weight excluding hydrogens is 310 g/mol. The topological polar surface area (TPSA) is 85.1 Å². The molecule has 3 rings (SSSR count). The standard InChI is InChI=1S/C17H23N3O4/c1-2-3-13(18)17(22)20-8-6-19(7-9-20)16(21)12-4-5-14-15(10-12)24-11-23-14/h4-5,10,13H,2-3,6-9,11,18H2,1H3. The maximum atomic E-state index is 12.6. The minimum absolute atomic E-state index is 0.0213. The highest BCUT2D eigenvalue weighted by molar-refractivity contribution is 5.95. The van der Waals surface area contributed by atoms with Crippen LogP contribution in [0, 0.1) is 0 Å². The molecule has 1 atom stereocenters. The van der Waals surface area contributed by atoms with Gasteiger partial charge in [0, 0.05) is 31.7 Å². The Balaban J connectivity index is 1.58. The van der Waals surface area contributed by atoms with Crippen LogP contribution in [0.25, 0.3) is 0 Å². The van der Waals surface area contributed by atoms with Gasteiger partial charge in [-0.25, -0.2) is 0 Å². The quantitative estimate of drug-likeness (QED) is 0.882. The largest absolute Gasteiger partial charge is 0.454 e. The number of fused-ring (bicyclic) bond motifs is 1. The number of ether oxygens (including phenoxy) is 2. The van der Waals surface area contributed by atoms with Gasteiger partial charge in [0.25, 0.3) is 5.91 Å². The number of carbonyl (C=O) groups excluding carboxylic acids is 2. The van der Waals surface area contributed by atoms with Gasteiger partial charge >= 0.3 is 0 Å². The fourth-order valence-corrected chi connectivity index (χ4v) is 3.01. The minimum atomic E-state index is -0.439. The summed E-state index contributed by atoms with van der Waals surface area (Å²) in [5, 5.41) is 0. The number of nitrogens with two attached hydrogens (primary N) is 1. The predicted molar refractivity (Wildman–Crippen MR) is 87.9 cm³/mol. The second-order valence-corrected chi connectivity index (χ2v) is 6.08. The van der Waals surface area contributed by atoms with Gasteiger partial charge in [0.2, 0.25) is 12.7 Å². The van der Waals surface area contributed by atoms with E-state index in [0.29, 0.717) is 49.7 Å². The van der Waals surface area contributed by atoms with Crippen molar-refractivity contribution in [3.05, 3.63) is 23.8 Å². The molecule has 0 spiro atoms. The number of hydrogen-bond donors (Lipinski definition) is 1. The summed E-state index contributed by atoms with van der Waals surface area (Å²) in [6.45, 7) is 4.26. The first-order valence-electron chi connectivity index (χ1n) is 8.33. The van der Waals surface area contributed by atoms with Crippen LogP contribution >= 0.6 is 0 Å². The van der Waals surface area contributed by atoms with E-state index in [4.69, 9.17) is 15.2 Å². The number of carbonyl (C=O) groups is 2. The number of rotatable bonds is 4. The van der Waals surface area contributed by atoms with Crippen LogP contribution in [0.3, 0.4) is 0 Å². The van der Waals surface area contributed by atoms with Gasteiger partial charge in [0.05, 0.1) is 6.04 Å². The van der Waals surface area contributed by atoms with E-state index in [1.807, 2.05) is 6.92 Å². The van der Waals surface area contributed by atoms with E-state index in [0.717, 1.165) is 6.42 Å². The number of hydrogen-bond acceptors (Lipinski definition) is 5. The zero-order valence-corrected chi connectivity index (χ0v) is 13.9. The van der Waals surface area contributed by atoms with Gasteiger partial charge in [0.15, 0.2) is 11.5 Å². The molecule has 1 saturated heterocycles. The molecule has 1 fully saturated rings. The molecule has 0 saturated carbocycles. The number of nitrogens with zero attached hydrogens (tertiary/aromatic N) is 2. The maximum absolute atomic E-state index is 12.6. The van der Waals surface area contributed by atoms with E-state index in [-0.39, 0.29) is 18.6 Å². The highest BCUT2D eigenvalue weighted by Crippen LogP contribution is 2.32. The molecule has 0 aromatic heterocycles. The molecule has 0 radical (unpaired) electrons. The van der Waals surface area contributed by atoms with E-state index < -0.39 is 6.04 Å². The first-order valence-corrected chi connectivity index (χ1v) is 8.33. The molecule has 7 heteroatoms. The van der Waals surface area contributed by atoms with E-state index in [2.05, 4.69) is 0 Å². The zero-order valence-electron chi connectivity index (χ0n) is 13.9. The Morgan fingerprint density at radius 2 is 1.79 bits per heavy atom. The third-order valence-corrected chi connectivity index (χ3v) is 4.41. The first kappa shape index (κ1) is 16.6. The molecule has 2 aliphatic rings. The van der Waals surface area contributed by atoms with Gasteiger partial charge in [-0.15, -0.1) is 0 Å². The normalized spacial score (nSPS) is 17.8. The van der Waals surface area contributed by atoms with Gasteiger partial charge < -0.3 is 25.0 Å². The Morgan fingerprint density at radius 1 is 1.12 bits per heavy atom. The third kappa shape index (κ3) is 3.31. The molecule has 0 aliphatic carbocycles. The lowest BCUT2D eigenvalue weighted by molar-refractivity contribution is -0.134. The lowest BCUT2D eigenvalue weighted by Gasteiger charge is -2.36. The molecule has 2 heterocycles. The van der Waals surface area contributed by atoms with Crippen molar-refractivity contribution in [3.63, 3.8) is 0 Å². The Hall–Kier alpha value is -2.28. The van der Waals surface area contributed by atoms with E-state index in [1.54, 1.807) is 28.0 Å². The summed E-state index contributed by atoms with van der Waals surface area (Å²) >= 11 is 0. The van der Waals surface area contributed by atoms with Gasteiger partial charge in [-0.05, 0) is 24.6 Å². The molecule has 2 amide bonds. The summed E-state index contributed by atoms with van der Waals surface area (Å²) in [6.07, 6.45) is 1.57. The van der Waals surface area contributed by atoms with Crippen molar-refractivity contribution in [1.82, 2.24) is 9.80 Å². The Morgan fingerprint density at radius 3 is 2.50 bits per heavy atom. The van der Waals surface area contributed by atoms with Gasteiger partial charge in [-0.1, -0.05) is 13.3 Å². The average Bonchev–Trinajstić information content (AvgIpc) is 3.08. The van der Waals surface area contributed by atoms with Crippen LogP contribution in [-0.4, -0.2) is 60.6 Å². The first-order chi connectivity index (χ1) is 11.6. The second-order valence-electron chi connectivity index (χ2n) is 6.08. The molecule has 7 nitrogen and oxygen atoms in total. The van der Waals surface area contributed by atoms with Crippen LogP contribution in [-0.2, 0) is 4.79 Å². The molecular formula is C17H23N3O4. The van der Waals surface area contributed by atoms with Gasteiger partial charge in [-0.2, -0.15) is 0 Å². The maximum Gasteiger partial charge on any atom is 0.254 e. The van der Waals surface area contributed by atoms with Crippen molar-refractivity contribution in [2.24, 2.45) is 5.73 Å². The highest BCUT2D eigenvalue weighted by Gasteiger charge is 2.28. The predicted octanol–water partition coefficient (Wildman–Crippen LogP) is 0.827. The van der Waals surface area contributed by atoms with Crippen molar-refractivity contribution >= 4 is 11.8 Å². The average molecular weight is 333 g/mol. The summed E-state index contributed by atoms with van der Waals surface area (Å²) in [4.78, 5) is 28.4. The number of piperazine rings is 1. The van der Waals surface area contributed by atoms with E-state index in [9.17, 15) is 9.59 Å². The van der Waals surface area contributed by atoms with Crippen molar-refractivity contribution in [3.8, 4) is 11.5 Å². The molecule has 2 aliphatic heterocycles. The Labute approximate surface area is 141 Å². The van der Waals surface area contributed by atoms with Crippen LogP contribution in [0.2, 0.25) is 0 Å². The SMILES string of the molecule is CCCC(N)C(=O)N1CCN(C(=O)c2ccc3c(c2)OCO3)CC1. The fourth-order valence-electron chi connectivity index (χ4n) is 3.01. The molecule has 1 aromatic carbocycles. The van der Waals surface area contributed by atoms with Gasteiger partial charge in [-0.3, -0.25) is 9.59 Å². The molecule has 130 valence electrons. The number of benzene rings is 1. The summed E-state index contributed by atoms with van der Waals surface area (Å²) < 4.78 is 10.6. The van der Waals surface area contributed by atoms with Crippen molar-refractivity contribution in [1.29, 1.82) is 0 Å². The molecule has 0 bridgehead atoms. The van der Waals surface area contributed by atoms with Crippen LogP contribution in [0.15, 0.2) is 18.2 Å². The number of amides is 2. The van der Waals surface area contributed by atoms with Crippen LogP contribution in [0.1, 0.15) is 30.1 Å². The summed E-state index contributed by atoms with van der Waals surface area (Å²) in [5.41, 5.74) is 6.47. The lowest BCUT2D eigenvalue weighted by atomic mass is 10.1. The fraction of sp³-hybridized carbons (Fsp3) is 0.529. The summed E-state index contributed by atoms with van der Waals surface area (Å²) in [6, 6.07) is 4.76. The summed E-state index contributed by atoms with van der Waals surface area (Å²) in [7, 11) is 0. The van der Waals surface area contributed by atoms with Crippen LogP contribution < -0.4 is 15.2 Å². The Kier molecular flexibility index (Phi) is 4.89. The van der Waals surface area contributed by atoms with E-state index in [1.165, 1.54) is 0 Å². The third-order valence-electron chi connectivity index (χ3n) is 4.41. The van der Waals surface area contributed by atoms with Gasteiger partial charge in [0.1, 0.15) is 0 Å². The molecule has 24 heavy (non-hydrogen) atoms. The zero-order chi connectivity index (χ0) is 17.1. The summed E-state index contributed by atoms with van der Waals surface area (Å²) in [5.74, 6) is 1.18. The Bertz CT molecular complexity index is 626. The van der Waals surface area contributed by atoms with Crippen LogP contribution in [0.4, 0.5) is 0 Å². The monoisotopic (exact) mass is 333 g/mol.